The third-order valence-corrected chi connectivity index (χ3v) is 7.15. The zero-order valence-electron chi connectivity index (χ0n) is 18.4. The van der Waals surface area contributed by atoms with Crippen molar-refractivity contribution in [1.82, 2.24) is 14.5 Å². The molecule has 10 nitrogen and oxygen atoms in total. The fourth-order valence-corrected chi connectivity index (χ4v) is 4.43. The van der Waals surface area contributed by atoms with Crippen molar-refractivity contribution in [1.29, 1.82) is 0 Å². The van der Waals surface area contributed by atoms with Gasteiger partial charge in [0.25, 0.3) is 11.8 Å². The number of carbonyl (C=O) groups excluding carboxylic acids is 1. The SMILES string of the molecule is COc1cccc2cc(-c3nnc(NC(=O)c4ccc(S(=O)(=O)N(C)C(C)C)cc4)o3)oc12. The monoisotopic (exact) mass is 470 g/mol. The molecule has 4 aromatic rings. The number of nitrogens with zero attached hydrogens (tertiary/aromatic N) is 3. The lowest BCUT2D eigenvalue weighted by Gasteiger charge is -2.20. The molecule has 0 saturated heterocycles. The van der Waals surface area contributed by atoms with Gasteiger partial charge in [0, 0.05) is 24.0 Å². The number of anilines is 1. The summed E-state index contributed by atoms with van der Waals surface area (Å²) in [6.45, 7) is 3.56. The van der Waals surface area contributed by atoms with Crippen molar-refractivity contribution in [2.45, 2.75) is 24.8 Å². The molecular weight excluding hydrogens is 448 g/mol. The Balaban J connectivity index is 1.50. The summed E-state index contributed by atoms with van der Waals surface area (Å²) >= 11 is 0. The number of sulfonamides is 1. The first-order chi connectivity index (χ1) is 15.7. The van der Waals surface area contributed by atoms with E-state index in [1.165, 1.54) is 35.6 Å². The number of nitrogens with one attached hydrogen (secondary N) is 1. The number of furan rings is 1. The summed E-state index contributed by atoms with van der Waals surface area (Å²) in [7, 11) is -0.592. The van der Waals surface area contributed by atoms with Crippen LogP contribution in [0.4, 0.5) is 6.01 Å². The molecule has 0 aliphatic carbocycles. The van der Waals surface area contributed by atoms with Crippen LogP contribution in [0.15, 0.2) is 62.3 Å². The Bertz CT molecular complexity index is 1410. The van der Waals surface area contributed by atoms with Crippen molar-refractivity contribution < 1.29 is 26.8 Å². The van der Waals surface area contributed by atoms with E-state index in [0.29, 0.717) is 17.1 Å². The van der Waals surface area contributed by atoms with Crippen LogP contribution in [-0.4, -0.2) is 49.0 Å². The number of benzene rings is 2. The van der Waals surface area contributed by atoms with Crippen molar-refractivity contribution in [3.8, 4) is 17.4 Å². The van der Waals surface area contributed by atoms with E-state index < -0.39 is 15.9 Å². The average molecular weight is 471 g/mol. The minimum atomic E-state index is -3.64. The predicted molar refractivity (Wildman–Crippen MR) is 121 cm³/mol. The standard InChI is InChI=1S/C22H22N4O6S/c1-13(2)26(3)33(28,29)16-10-8-14(9-11-16)20(27)23-22-25-24-21(32-22)18-12-15-6-5-7-17(30-4)19(15)31-18/h5-13H,1-4H3,(H,23,25,27). The number of carbonyl (C=O) groups is 1. The molecule has 0 aliphatic rings. The van der Waals surface area contributed by atoms with Crippen molar-refractivity contribution in [2.24, 2.45) is 0 Å². The zero-order valence-corrected chi connectivity index (χ0v) is 19.2. The molecule has 0 unspecified atom stereocenters. The van der Waals surface area contributed by atoms with Gasteiger partial charge in [0.2, 0.25) is 10.0 Å². The van der Waals surface area contributed by atoms with Gasteiger partial charge in [-0.15, -0.1) is 5.10 Å². The lowest BCUT2D eigenvalue weighted by molar-refractivity contribution is 0.102. The third kappa shape index (κ3) is 4.32. The Morgan fingerprint density at radius 3 is 2.48 bits per heavy atom. The van der Waals surface area contributed by atoms with Gasteiger partial charge in [0.05, 0.1) is 12.0 Å². The van der Waals surface area contributed by atoms with E-state index >= 15 is 0 Å². The van der Waals surface area contributed by atoms with Gasteiger partial charge in [-0.05, 0) is 50.2 Å². The maximum Gasteiger partial charge on any atom is 0.322 e. The van der Waals surface area contributed by atoms with Crippen LogP contribution in [0.25, 0.3) is 22.6 Å². The average Bonchev–Trinajstić information content (AvgIpc) is 3.45. The molecular formula is C22H22N4O6S. The van der Waals surface area contributed by atoms with Crippen LogP contribution >= 0.6 is 0 Å². The van der Waals surface area contributed by atoms with Gasteiger partial charge in [-0.3, -0.25) is 10.1 Å². The molecule has 1 N–H and O–H groups in total. The summed E-state index contributed by atoms with van der Waals surface area (Å²) in [5.74, 6) is 0.447. The zero-order chi connectivity index (χ0) is 23.8. The number of para-hydroxylation sites is 1. The Hall–Kier alpha value is -3.70. The quantitative estimate of drug-likeness (QED) is 0.432. The molecule has 4 rings (SSSR count). The van der Waals surface area contributed by atoms with Gasteiger partial charge in [-0.2, -0.15) is 4.31 Å². The van der Waals surface area contributed by atoms with Crippen LogP contribution in [0.5, 0.6) is 5.75 Å². The van der Waals surface area contributed by atoms with E-state index in [4.69, 9.17) is 13.6 Å². The second-order valence-corrected chi connectivity index (χ2v) is 9.49. The number of fused-ring (bicyclic) bond motifs is 1. The molecule has 2 heterocycles. The molecule has 0 spiro atoms. The fourth-order valence-electron chi connectivity index (χ4n) is 3.07. The number of aromatic nitrogens is 2. The third-order valence-electron chi connectivity index (χ3n) is 5.10. The second kappa shape index (κ2) is 8.68. The molecule has 172 valence electrons. The molecule has 11 heteroatoms. The molecule has 1 amide bonds. The Morgan fingerprint density at radius 1 is 1.09 bits per heavy atom. The topological polar surface area (TPSA) is 128 Å². The van der Waals surface area contributed by atoms with Crippen molar-refractivity contribution in [2.75, 3.05) is 19.5 Å². The predicted octanol–water partition coefficient (Wildman–Crippen LogP) is 3.77. The summed E-state index contributed by atoms with van der Waals surface area (Å²) < 4.78 is 42.9. The van der Waals surface area contributed by atoms with Gasteiger partial charge >= 0.3 is 6.01 Å². The fraction of sp³-hybridized carbons (Fsp3) is 0.227. The first kappa shape index (κ1) is 22.5. The Morgan fingerprint density at radius 2 is 1.82 bits per heavy atom. The summed E-state index contributed by atoms with van der Waals surface area (Å²) in [5.41, 5.74) is 0.770. The maximum atomic E-state index is 12.6. The highest BCUT2D eigenvalue weighted by Crippen LogP contribution is 2.33. The highest BCUT2D eigenvalue weighted by molar-refractivity contribution is 7.89. The summed E-state index contributed by atoms with van der Waals surface area (Å²) in [6, 6.07) is 12.4. The smallest absolute Gasteiger partial charge is 0.322 e. The lowest BCUT2D eigenvalue weighted by Crippen LogP contribution is -2.33. The normalized spacial score (nSPS) is 11.9. The van der Waals surface area contributed by atoms with Gasteiger partial charge in [0.1, 0.15) is 0 Å². The number of amides is 1. The van der Waals surface area contributed by atoms with Gasteiger partial charge in [-0.1, -0.05) is 17.2 Å². The van der Waals surface area contributed by atoms with Crippen LogP contribution in [0.3, 0.4) is 0 Å². The minimum absolute atomic E-state index is 0.0849. The lowest BCUT2D eigenvalue weighted by atomic mass is 10.2. The van der Waals surface area contributed by atoms with Crippen LogP contribution in [0.2, 0.25) is 0 Å². The molecule has 33 heavy (non-hydrogen) atoms. The number of rotatable bonds is 7. The highest BCUT2D eigenvalue weighted by Gasteiger charge is 2.23. The van der Waals surface area contributed by atoms with E-state index in [1.54, 1.807) is 33.1 Å². The molecule has 2 aromatic carbocycles. The molecule has 0 radical (unpaired) electrons. The molecule has 0 fully saturated rings. The van der Waals surface area contributed by atoms with Crippen LogP contribution in [0, 0.1) is 0 Å². The molecule has 0 aliphatic heterocycles. The molecule has 0 bridgehead atoms. The molecule has 2 aromatic heterocycles. The van der Waals surface area contributed by atoms with E-state index in [1.807, 2.05) is 12.1 Å². The van der Waals surface area contributed by atoms with E-state index in [0.717, 1.165) is 5.39 Å². The first-order valence-electron chi connectivity index (χ1n) is 10.0. The van der Waals surface area contributed by atoms with Crippen molar-refractivity contribution in [3.05, 3.63) is 54.1 Å². The Kier molecular flexibility index (Phi) is 5.91. The van der Waals surface area contributed by atoms with E-state index in [2.05, 4.69) is 15.5 Å². The summed E-state index contributed by atoms with van der Waals surface area (Å²) in [6.07, 6.45) is 0. The number of methoxy groups -OCH3 is 1. The van der Waals surface area contributed by atoms with E-state index in [9.17, 15) is 13.2 Å². The Labute approximate surface area is 190 Å². The summed E-state index contributed by atoms with van der Waals surface area (Å²) in [4.78, 5) is 12.6. The number of hydrogen-bond donors (Lipinski definition) is 1. The van der Waals surface area contributed by atoms with Crippen molar-refractivity contribution >= 4 is 32.9 Å². The largest absolute Gasteiger partial charge is 0.493 e. The summed E-state index contributed by atoms with van der Waals surface area (Å²) in [5, 5.41) is 11.0. The van der Waals surface area contributed by atoms with Crippen LogP contribution < -0.4 is 10.1 Å². The van der Waals surface area contributed by atoms with Gasteiger partial charge in [-0.25, -0.2) is 8.42 Å². The van der Waals surface area contributed by atoms with Gasteiger partial charge in [0.15, 0.2) is 17.1 Å². The number of hydrogen-bond acceptors (Lipinski definition) is 8. The molecule has 0 saturated carbocycles. The highest BCUT2D eigenvalue weighted by atomic mass is 32.2. The second-order valence-electron chi connectivity index (χ2n) is 7.50. The van der Waals surface area contributed by atoms with E-state index in [-0.39, 0.29) is 28.4 Å². The van der Waals surface area contributed by atoms with Crippen LogP contribution in [-0.2, 0) is 10.0 Å². The first-order valence-corrected chi connectivity index (χ1v) is 11.4. The number of ether oxygens (including phenoxy) is 1. The van der Waals surface area contributed by atoms with Crippen LogP contribution in [0.1, 0.15) is 24.2 Å². The van der Waals surface area contributed by atoms with Gasteiger partial charge < -0.3 is 13.6 Å². The maximum absolute atomic E-state index is 12.6. The molecule has 0 atom stereocenters. The van der Waals surface area contributed by atoms with Crippen molar-refractivity contribution in [3.63, 3.8) is 0 Å². The minimum Gasteiger partial charge on any atom is -0.493 e.